The molecule has 0 atom stereocenters. The van der Waals surface area contributed by atoms with Gasteiger partial charge in [0.15, 0.2) is 0 Å². The Morgan fingerprint density at radius 2 is 2.17 bits per heavy atom. The molecule has 0 N–H and O–H groups in total. The molecule has 0 spiro atoms. The van der Waals surface area contributed by atoms with E-state index in [-0.39, 0.29) is 12.2 Å². The number of ether oxygens (including phenoxy) is 1. The number of rotatable bonds is 1. The van der Waals surface area contributed by atoms with Gasteiger partial charge < -0.3 is 4.74 Å². The van der Waals surface area contributed by atoms with E-state index in [1.807, 2.05) is 0 Å². The van der Waals surface area contributed by atoms with Gasteiger partial charge >= 0.3 is 6.18 Å². The maximum atomic E-state index is 12.1. The quantitative estimate of drug-likeness (QED) is 0.558. The monoisotopic (exact) mass is 176 g/mol. The minimum Gasteiger partial charge on any atom is -0.493 e. The van der Waals surface area contributed by atoms with E-state index in [0.717, 1.165) is 6.08 Å². The third kappa shape index (κ3) is 1.92. The molecule has 4 heteroatoms. The Morgan fingerprint density at radius 3 is 2.67 bits per heavy atom. The topological polar surface area (TPSA) is 9.23 Å². The zero-order valence-electron chi connectivity index (χ0n) is 6.40. The fraction of sp³-hybridized carbons (Fsp3) is 0.375. The second kappa shape index (κ2) is 3.07. The van der Waals surface area contributed by atoms with E-state index in [2.05, 4.69) is 10.5 Å². The van der Waals surface area contributed by atoms with Crippen molar-refractivity contribution in [1.82, 2.24) is 0 Å². The highest BCUT2D eigenvalue weighted by atomic mass is 19.4. The van der Waals surface area contributed by atoms with Crippen molar-refractivity contribution in [3.63, 3.8) is 0 Å². The van der Waals surface area contributed by atoms with Gasteiger partial charge in [0.25, 0.3) is 0 Å². The first-order chi connectivity index (χ1) is 5.54. The maximum Gasteiger partial charge on any atom is 0.413 e. The molecule has 1 aliphatic carbocycles. The number of hydrogen-bond acceptors (Lipinski definition) is 1. The number of hydrogen-bond donors (Lipinski definition) is 0. The van der Waals surface area contributed by atoms with Gasteiger partial charge in [-0.2, -0.15) is 13.2 Å². The van der Waals surface area contributed by atoms with Gasteiger partial charge in [-0.25, -0.2) is 0 Å². The SMILES string of the molecule is COC1=C=CC=C(C(F)(F)F)C1. The largest absolute Gasteiger partial charge is 0.493 e. The molecule has 0 fully saturated rings. The Labute approximate surface area is 67.8 Å². The van der Waals surface area contributed by atoms with Crippen molar-refractivity contribution in [3.8, 4) is 0 Å². The van der Waals surface area contributed by atoms with Gasteiger partial charge in [0.1, 0.15) is 5.76 Å². The molecule has 0 unspecified atom stereocenters. The van der Waals surface area contributed by atoms with Gasteiger partial charge in [-0.05, 0) is 12.2 Å². The van der Waals surface area contributed by atoms with Gasteiger partial charge in [-0.15, -0.1) is 0 Å². The molecule has 0 saturated heterocycles. The second-order valence-corrected chi connectivity index (χ2v) is 2.30. The van der Waals surface area contributed by atoms with Crippen LogP contribution in [-0.2, 0) is 4.74 Å². The van der Waals surface area contributed by atoms with E-state index in [1.165, 1.54) is 13.2 Å². The van der Waals surface area contributed by atoms with Crippen LogP contribution in [0.2, 0.25) is 0 Å². The molecule has 0 heterocycles. The van der Waals surface area contributed by atoms with Crippen LogP contribution >= 0.6 is 0 Å². The first kappa shape index (κ1) is 8.94. The Kier molecular flexibility index (Phi) is 2.29. The number of methoxy groups -OCH3 is 1. The molecule has 0 aromatic carbocycles. The van der Waals surface area contributed by atoms with Crippen LogP contribution in [0.3, 0.4) is 0 Å². The van der Waals surface area contributed by atoms with E-state index < -0.39 is 11.7 Å². The van der Waals surface area contributed by atoms with Crippen molar-refractivity contribution >= 4 is 0 Å². The predicted molar refractivity (Wildman–Crippen MR) is 37.4 cm³/mol. The normalized spacial score (nSPS) is 17.0. The molecule has 0 saturated carbocycles. The van der Waals surface area contributed by atoms with Crippen LogP contribution in [0.25, 0.3) is 0 Å². The Bertz CT molecular complexity index is 267. The molecule has 66 valence electrons. The van der Waals surface area contributed by atoms with E-state index in [9.17, 15) is 13.2 Å². The minimum atomic E-state index is -4.26. The summed E-state index contributed by atoms with van der Waals surface area (Å²) >= 11 is 0. The minimum absolute atomic E-state index is 0.213. The third-order valence-corrected chi connectivity index (χ3v) is 1.49. The average Bonchev–Trinajstić information content (AvgIpc) is 2.03. The highest BCUT2D eigenvalue weighted by molar-refractivity contribution is 5.26. The maximum absolute atomic E-state index is 12.1. The molecule has 1 rings (SSSR count). The van der Waals surface area contributed by atoms with Crippen LogP contribution in [0.4, 0.5) is 13.2 Å². The van der Waals surface area contributed by atoms with Gasteiger partial charge in [-0.1, -0.05) is 5.73 Å². The number of halogens is 3. The molecule has 0 aromatic rings. The predicted octanol–water partition coefficient (Wildman–Crippen LogP) is 2.56. The summed E-state index contributed by atoms with van der Waals surface area (Å²) in [6, 6.07) is 0. The smallest absolute Gasteiger partial charge is 0.413 e. The van der Waals surface area contributed by atoms with Crippen LogP contribution in [-0.4, -0.2) is 13.3 Å². The zero-order chi connectivity index (χ0) is 9.19. The van der Waals surface area contributed by atoms with Crippen molar-refractivity contribution < 1.29 is 17.9 Å². The molecule has 0 aliphatic heterocycles. The summed E-state index contributed by atoms with van der Waals surface area (Å²) < 4.78 is 40.8. The average molecular weight is 176 g/mol. The highest BCUT2D eigenvalue weighted by Crippen LogP contribution is 2.31. The first-order valence-electron chi connectivity index (χ1n) is 3.30. The van der Waals surface area contributed by atoms with Gasteiger partial charge in [0, 0.05) is 12.0 Å². The zero-order valence-corrected chi connectivity index (χ0v) is 6.40. The summed E-state index contributed by atoms with van der Waals surface area (Å²) in [5.74, 6) is 0.213. The van der Waals surface area contributed by atoms with Crippen LogP contribution in [0.5, 0.6) is 0 Å². The van der Waals surface area contributed by atoms with Gasteiger partial charge in [0.2, 0.25) is 0 Å². The van der Waals surface area contributed by atoms with Crippen molar-refractivity contribution in [2.45, 2.75) is 12.6 Å². The third-order valence-electron chi connectivity index (χ3n) is 1.49. The Balaban J connectivity index is 2.79. The summed E-state index contributed by atoms with van der Waals surface area (Å²) in [7, 11) is 1.33. The highest BCUT2D eigenvalue weighted by Gasteiger charge is 2.34. The van der Waals surface area contributed by atoms with E-state index in [0.29, 0.717) is 0 Å². The van der Waals surface area contributed by atoms with Crippen molar-refractivity contribution in [2.24, 2.45) is 0 Å². The lowest BCUT2D eigenvalue weighted by molar-refractivity contribution is -0.0941. The standard InChI is InChI=1S/C8H7F3O/c1-12-7-4-2-3-6(5-7)8(9,10)11/h2-3H,5H2,1H3. The fourth-order valence-corrected chi connectivity index (χ4v) is 0.844. The summed E-state index contributed by atoms with van der Waals surface area (Å²) in [5.41, 5.74) is 1.96. The van der Waals surface area contributed by atoms with Crippen molar-refractivity contribution in [2.75, 3.05) is 7.11 Å². The number of allylic oxidation sites excluding steroid dienone is 2. The molecule has 0 bridgehead atoms. The molecular weight excluding hydrogens is 169 g/mol. The van der Waals surface area contributed by atoms with Crippen molar-refractivity contribution in [3.05, 3.63) is 29.2 Å². The lowest BCUT2D eigenvalue weighted by Crippen LogP contribution is -2.13. The number of alkyl halides is 3. The van der Waals surface area contributed by atoms with E-state index in [1.54, 1.807) is 0 Å². The molecule has 0 radical (unpaired) electrons. The van der Waals surface area contributed by atoms with Crippen LogP contribution in [0, 0.1) is 0 Å². The van der Waals surface area contributed by atoms with E-state index >= 15 is 0 Å². The van der Waals surface area contributed by atoms with E-state index in [4.69, 9.17) is 0 Å². The Hall–Kier alpha value is -1.15. The molecular formula is C8H7F3O. The summed E-state index contributed by atoms with van der Waals surface area (Å²) in [6.07, 6.45) is -2.27. The molecule has 1 aliphatic rings. The van der Waals surface area contributed by atoms with Gasteiger partial charge in [-0.3, -0.25) is 0 Å². The van der Waals surface area contributed by atoms with Gasteiger partial charge in [0.05, 0.1) is 7.11 Å². The van der Waals surface area contributed by atoms with Crippen LogP contribution < -0.4 is 0 Å². The molecule has 12 heavy (non-hydrogen) atoms. The lowest BCUT2D eigenvalue weighted by Gasteiger charge is -2.13. The van der Waals surface area contributed by atoms with Crippen LogP contribution in [0.1, 0.15) is 6.42 Å². The lowest BCUT2D eigenvalue weighted by atomic mass is 10.1. The van der Waals surface area contributed by atoms with Crippen molar-refractivity contribution in [1.29, 1.82) is 0 Å². The fourth-order valence-electron chi connectivity index (χ4n) is 0.844. The van der Waals surface area contributed by atoms with Crippen LogP contribution in [0.15, 0.2) is 29.2 Å². The summed E-state index contributed by atoms with van der Waals surface area (Å²) in [4.78, 5) is 0. The molecule has 1 nitrogen and oxygen atoms in total. The second-order valence-electron chi connectivity index (χ2n) is 2.30. The summed E-state index contributed by atoms with van der Waals surface area (Å²) in [6.45, 7) is 0. The molecule has 0 aromatic heterocycles. The summed E-state index contributed by atoms with van der Waals surface area (Å²) in [5, 5.41) is 0. The Morgan fingerprint density at radius 1 is 1.50 bits per heavy atom. The first-order valence-corrected chi connectivity index (χ1v) is 3.30. The molecule has 0 amide bonds.